The molecule has 1 aromatic rings. The van der Waals surface area contributed by atoms with Crippen LogP contribution in [0.25, 0.3) is 0 Å². The van der Waals surface area contributed by atoms with Gasteiger partial charge < -0.3 is 5.73 Å². The Kier molecular flexibility index (Phi) is 4.81. The maximum Gasteiger partial charge on any atom is 0.273 e. The molecular weight excluding hydrogens is 365 g/mol. The van der Waals surface area contributed by atoms with Gasteiger partial charge in [-0.2, -0.15) is 0 Å². The molecule has 3 N–H and O–H groups in total. The molecule has 0 aliphatic rings. The summed E-state index contributed by atoms with van der Waals surface area (Å²) in [7, 11) is -3.92. The van der Waals surface area contributed by atoms with E-state index < -0.39 is 29.0 Å². The van der Waals surface area contributed by atoms with Crippen molar-refractivity contribution in [3.8, 4) is 0 Å². The molecule has 0 aliphatic carbocycles. The van der Waals surface area contributed by atoms with E-state index in [-0.39, 0.29) is 4.90 Å². The molecule has 0 atom stereocenters. The second-order valence-electron chi connectivity index (χ2n) is 3.34. The summed E-state index contributed by atoms with van der Waals surface area (Å²) in [4.78, 5) is -0.0442. The molecule has 0 fully saturated rings. The third-order valence-corrected chi connectivity index (χ3v) is 4.00. The maximum atomic E-state index is 12.8. The van der Waals surface area contributed by atoms with Crippen LogP contribution in [0.4, 0.5) is 8.78 Å². The molecule has 0 spiro atoms. The van der Waals surface area contributed by atoms with Gasteiger partial charge in [0.1, 0.15) is 0 Å². The van der Waals surface area contributed by atoms with E-state index in [0.717, 1.165) is 0 Å². The van der Waals surface area contributed by atoms with Crippen molar-refractivity contribution in [2.45, 2.75) is 10.8 Å². The van der Waals surface area contributed by atoms with Gasteiger partial charge in [-0.05, 0) is 40.8 Å². The summed E-state index contributed by atoms with van der Waals surface area (Å²) >= 11 is 1.94. The molecule has 0 aromatic heterocycles. The third kappa shape index (κ3) is 4.45. The fourth-order valence-corrected chi connectivity index (χ4v) is 2.85. The molecule has 1 rings (SSSR count). The summed E-state index contributed by atoms with van der Waals surface area (Å²) in [5, 5.41) is 0. The SMILES string of the molecule is NCC(F)(F)CNS(=O)(=O)c1cccc(I)c1. The van der Waals surface area contributed by atoms with Gasteiger partial charge in [0.25, 0.3) is 5.92 Å². The summed E-state index contributed by atoms with van der Waals surface area (Å²) in [6.45, 7) is -1.90. The first-order valence-electron chi connectivity index (χ1n) is 4.60. The summed E-state index contributed by atoms with van der Waals surface area (Å²) in [6.07, 6.45) is 0. The van der Waals surface area contributed by atoms with Crippen LogP contribution in [-0.4, -0.2) is 27.4 Å². The van der Waals surface area contributed by atoms with Crippen LogP contribution in [0.3, 0.4) is 0 Å². The molecule has 1 aromatic carbocycles. The third-order valence-electron chi connectivity index (χ3n) is 1.93. The van der Waals surface area contributed by atoms with E-state index in [1.165, 1.54) is 18.2 Å². The standard InChI is InChI=1S/C9H11F2IN2O2S/c10-9(11,5-13)6-14-17(15,16)8-3-1-2-7(12)4-8/h1-4,14H,5-6,13H2. The van der Waals surface area contributed by atoms with Crippen molar-refractivity contribution in [2.24, 2.45) is 5.73 Å². The van der Waals surface area contributed by atoms with Crippen molar-refractivity contribution in [1.82, 2.24) is 4.72 Å². The normalized spacial score (nSPS) is 12.7. The van der Waals surface area contributed by atoms with E-state index in [0.29, 0.717) is 3.57 Å². The second-order valence-corrected chi connectivity index (χ2v) is 6.35. The summed E-state index contributed by atoms with van der Waals surface area (Å²) in [6, 6.07) is 5.97. The summed E-state index contributed by atoms with van der Waals surface area (Å²) < 4.78 is 51.5. The molecule has 0 saturated heterocycles. The minimum absolute atomic E-state index is 0.0442. The first-order valence-corrected chi connectivity index (χ1v) is 7.16. The number of benzene rings is 1. The Morgan fingerprint density at radius 2 is 2.06 bits per heavy atom. The van der Waals surface area contributed by atoms with E-state index in [1.54, 1.807) is 6.07 Å². The minimum Gasteiger partial charge on any atom is -0.325 e. The summed E-state index contributed by atoms with van der Waals surface area (Å²) in [5.74, 6) is -3.24. The van der Waals surface area contributed by atoms with Crippen molar-refractivity contribution in [3.63, 3.8) is 0 Å². The largest absolute Gasteiger partial charge is 0.325 e. The molecule has 0 amide bonds. The number of halogens is 3. The number of nitrogens with one attached hydrogen (secondary N) is 1. The Morgan fingerprint density at radius 1 is 1.41 bits per heavy atom. The number of nitrogens with two attached hydrogens (primary N) is 1. The van der Waals surface area contributed by atoms with Crippen molar-refractivity contribution < 1.29 is 17.2 Å². The van der Waals surface area contributed by atoms with Gasteiger partial charge in [0, 0.05) is 3.57 Å². The van der Waals surface area contributed by atoms with Crippen molar-refractivity contribution in [2.75, 3.05) is 13.1 Å². The lowest BCUT2D eigenvalue weighted by atomic mass is 10.3. The zero-order valence-corrected chi connectivity index (χ0v) is 11.6. The quantitative estimate of drug-likeness (QED) is 0.758. The van der Waals surface area contributed by atoms with Gasteiger partial charge in [-0.25, -0.2) is 21.9 Å². The van der Waals surface area contributed by atoms with Crippen LogP contribution in [0.2, 0.25) is 0 Å². The van der Waals surface area contributed by atoms with Crippen LogP contribution in [0.5, 0.6) is 0 Å². The van der Waals surface area contributed by atoms with Crippen LogP contribution in [0, 0.1) is 3.57 Å². The Bertz CT molecular complexity index is 494. The fourth-order valence-electron chi connectivity index (χ4n) is 0.990. The number of sulfonamides is 1. The monoisotopic (exact) mass is 376 g/mol. The number of rotatable bonds is 5. The zero-order chi connectivity index (χ0) is 13.1. The molecule has 96 valence electrons. The smallest absolute Gasteiger partial charge is 0.273 e. The van der Waals surface area contributed by atoms with E-state index >= 15 is 0 Å². The molecule has 0 bridgehead atoms. The summed E-state index contributed by atoms with van der Waals surface area (Å²) in [5.41, 5.74) is 4.81. The highest BCUT2D eigenvalue weighted by Crippen LogP contribution is 2.15. The molecular formula is C9H11F2IN2O2S. The van der Waals surface area contributed by atoms with Gasteiger partial charge in [-0.15, -0.1) is 0 Å². The van der Waals surface area contributed by atoms with Crippen LogP contribution in [0.1, 0.15) is 0 Å². The predicted molar refractivity (Wildman–Crippen MR) is 68.3 cm³/mol. The average molecular weight is 376 g/mol. The molecule has 0 heterocycles. The lowest BCUT2D eigenvalue weighted by Gasteiger charge is -2.14. The van der Waals surface area contributed by atoms with Crippen LogP contribution >= 0.6 is 22.6 Å². The van der Waals surface area contributed by atoms with E-state index in [9.17, 15) is 17.2 Å². The molecule has 0 unspecified atom stereocenters. The number of hydrogen-bond donors (Lipinski definition) is 2. The second kappa shape index (κ2) is 5.55. The van der Waals surface area contributed by atoms with Crippen LogP contribution in [-0.2, 0) is 10.0 Å². The Morgan fingerprint density at radius 3 is 2.59 bits per heavy atom. The van der Waals surface area contributed by atoms with Gasteiger partial charge in [-0.3, -0.25) is 0 Å². The minimum atomic E-state index is -3.92. The van der Waals surface area contributed by atoms with Crippen molar-refractivity contribution in [1.29, 1.82) is 0 Å². The van der Waals surface area contributed by atoms with Gasteiger partial charge in [0.15, 0.2) is 0 Å². The molecule has 17 heavy (non-hydrogen) atoms. The molecule has 0 radical (unpaired) electrons. The van der Waals surface area contributed by atoms with Crippen molar-refractivity contribution >= 4 is 32.6 Å². The molecule has 0 saturated carbocycles. The molecule has 8 heteroatoms. The van der Waals surface area contributed by atoms with E-state index in [4.69, 9.17) is 5.73 Å². The van der Waals surface area contributed by atoms with E-state index in [2.05, 4.69) is 0 Å². The van der Waals surface area contributed by atoms with Gasteiger partial charge in [0.05, 0.1) is 18.0 Å². The van der Waals surface area contributed by atoms with E-state index in [1.807, 2.05) is 27.3 Å². The van der Waals surface area contributed by atoms with Gasteiger partial charge in [0.2, 0.25) is 10.0 Å². The lowest BCUT2D eigenvalue weighted by molar-refractivity contribution is 0.0170. The highest BCUT2D eigenvalue weighted by Gasteiger charge is 2.29. The Labute approximate surface area is 112 Å². The first-order chi connectivity index (χ1) is 7.77. The fraction of sp³-hybridized carbons (Fsp3) is 0.333. The Balaban J connectivity index is 2.83. The lowest BCUT2D eigenvalue weighted by Crippen LogP contribution is -2.41. The van der Waals surface area contributed by atoms with Crippen LogP contribution in [0.15, 0.2) is 29.2 Å². The molecule has 4 nitrogen and oxygen atoms in total. The average Bonchev–Trinajstić information content (AvgIpc) is 2.27. The highest BCUT2D eigenvalue weighted by molar-refractivity contribution is 14.1. The number of hydrogen-bond acceptors (Lipinski definition) is 3. The zero-order valence-electron chi connectivity index (χ0n) is 8.66. The predicted octanol–water partition coefficient (Wildman–Crippen LogP) is 1.16. The molecule has 0 aliphatic heterocycles. The Hall–Kier alpha value is -0.320. The topological polar surface area (TPSA) is 72.2 Å². The van der Waals surface area contributed by atoms with Crippen LogP contribution < -0.4 is 10.5 Å². The maximum absolute atomic E-state index is 12.8. The highest BCUT2D eigenvalue weighted by atomic mass is 127. The number of alkyl halides is 2. The van der Waals surface area contributed by atoms with Gasteiger partial charge in [-0.1, -0.05) is 6.07 Å². The first kappa shape index (κ1) is 14.7. The van der Waals surface area contributed by atoms with Crippen molar-refractivity contribution in [3.05, 3.63) is 27.8 Å². The van der Waals surface area contributed by atoms with Gasteiger partial charge >= 0.3 is 0 Å².